The maximum absolute atomic E-state index is 14.3. The summed E-state index contributed by atoms with van der Waals surface area (Å²) in [6.45, 7) is 2.11. The molecule has 1 saturated carbocycles. The van der Waals surface area contributed by atoms with Crippen LogP contribution in [0.15, 0.2) is 60.2 Å². The Labute approximate surface area is 284 Å². The minimum atomic E-state index is -5.06. The number of allylic oxidation sites excluding steroid dienone is 2. The summed E-state index contributed by atoms with van der Waals surface area (Å²) in [6, 6.07) is 12.5. The molecular formula is C34H32Cl2F3N3O6. The lowest BCUT2D eigenvalue weighted by atomic mass is 9.56. The molecule has 3 saturated heterocycles. The van der Waals surface area contributed by atoms with E-state index >= 15 is 0 Å². The summed E-state index contributed by atoms with van der Waals surface area (Å²) < 4.78 is 43.7. The van der Waals surface area contributed by atoms with Gasteiger partial charge in [0.25, 0.3) is 11.8 Å². The van der Waals surface area contributed by atoms with Crippen molar-refractivity contribution < 1.29 is 42.2 Å². The van der Waals surface area contributed by atoms with Crippen LogP contribution >= 0.6 is 23.2 Å². The quantitative estimate of drug-likeness (QED) is 0.267. The van der Waals surface area contributed by atoms with Crippen LogP contribution in [0.1, 0.15) is 42.7 Å². The van der Waals surface area contributed by atoms with Crippen LogP contribution in [0.5, 0.6) is 11.5 Å². The first-order chi connectivity index (χ1) is 22.7. The Morgan fingerprint density at radius 3 is 2.31 bits per heavy atom. The molecule has 9 nitrogen and oxygen atoms in total. The first-order valence-electron chi connectivity index (χ1n) is 15.8. The summed E-state index contributed by atoms with van der Waals surface area (Å²) in [5, 5.41) is 11.0. The van der Waals surface area contributed by atoms with Crippen molar-refractivity contribution >= 4 is 46.8 Å². The number of halogens is 5. The molecule has 0 spiro atoms. The molecule has 2 aromatic carbocycles. The smallest absolute Gasteiger partial charge is 0.508 e. The lowest BCUT2D eigenvalue weighted by Crippen LogP contribution is -2.60. The lowest BCUT2D eigenvalue weighted by molar-refractivity contribution is -0.274. The second-order valence-corrected chi connectivity index (χ2v) is 14.5. The number of benzene rings is 2. The van der Waals surface area contributed by atoms with Crippen molar-refractivity contribution in [2.45, 2.75) is 60.3 Å². The van der Waals surface area contributed by atoms with Crippen molar-refractivity contribution in [2.75, 3.05) is 20.1 Å². The normalized spacial score (nSPS) is 32.7. The summed E-state index contributed by atoms with van der Waals surface area (Å²) in [5.41, 5.74) is 1.31. The molecule has 4 amide bonds. The Morgan fingerprint density at radius 1 is 0.958 bits per heavy atom. The fourth-order valence-corrected chi connectivity index (χ4v) is 9.62. The fraction of sp³-hybridized carbons (Fsp3) is 0.471. The third-order valence-electron chi connectivity index (χ3n) is 10.8. The number of phenols is 1. The maximum atomic E-state index is 14.3. The molecule has 3 heterocycles. The van der Waals surface area contributed by atoms with E-state index in [-0.39, 0.29) is 30.4 Å². The van der Waals surface area contributed by atoms with E-state index in [1.807, 2.05) is 30.3 Å². The van der Waals surface area contributed by atoms with Gasteiger partial charge in [-0.25, -0.2) is 0 Å². The van der Waals surface area contributed by atoms with Crippen LogP contribution in [0, 0.1) is 17.8 Å². The lowest BCUT2D eigenvalue weighted by Gasteiger charge is -2.50. The summed E-state index contributed by atoms with van der Waals surface area (Å²) in [4.78, 5) is 55.6. The van der Waals surface area contributed by atoms with Crippen molar-refractivity contribution in [3.05, 3.63) is 71.3 Å². The number of piperidine rings is 1. The molecule has 3 aliphatic heterocycles. The Bertz CT molecular complexity index is 1730. The molecule has 4 fully saturated rings. The van der Waals surface area contributed by atoms with E-state index in [4.69, 9.17) is 23.2 Å². The maximum Gasteiger partial charge on any atom is 0.573 e. The number of imide groups is 2. The van der Waals surface area contributed by atoms with E-state index in [0.717, 1.165) is 29.6 Å². The van der Waals surface area contributed by atoms with Crippen LogP contribution in [0.4, 0.5) is 13.2 Å². The van der Waals surface area contributed by atoms with Gasteiger partial charge in [-0.2, -0.15) is 0 Å². The number of rotatable bonds is 5. The number of ether oxygens (including phenoxy) is 1. The van der Waals surface area contributed by atoms with E-state index in [9.17, 15) is 37.5 Å². The molecule has 6 unspecified atom stereocenters. The SMILES string of the molecule is CN1C(=O)C2(Cl)CC3C(=CCC4C(=O)N(C5CCN(Cc6ccccc6)CC5)C(=O)C43)C(c3cc(OC(F)(F)F)ccc3O)C2(Cl)C1=O. The van der Waals surface area contributed by atoms with Crippen LogP contribution in [-0.2, 0) is 25.7 Å². The topological polar surface area (TPSA) is 107 Å². The van der Waals surface area contributed by atoms with Gasteiger partial charge < -0.3 is 9.84 Å². The van der Waals surface area contributed by atoms with Crippen molar-refractivity contribution in [3.63, 3.8) is 0 Å². The number of likely N-dealkylation sites (tertiary alicyclic amines) is 3. The highest BCUT2D eigenvalue weighted by Crippen LogP contribution is 2.66. The third kappa shape index (κ3) is 4.93. The molecule has 6 atom stereocenters. The van der Waals surface area contributed by atoms with Crippen LogP contribution in [0.3, 0.4) is 0 Å². The summed E-state index contributed by atoms with van der Waals surface area (Å²) in [7, 11) is 1.20. The number of amides is 4. The van der Waals surface area contributed by atoms with Gasteiger partial charge >= 0.3 is 6.36 Å². The van der Waals surface area contributed by atoms with E-state index < -0.39 is 69.0 Å². The predicted molar refractivity (Wildman–Crippen MR) is 167 cm³/mol. The average molecular weight is 707 g/mol. The summed E-state index contributed by atoms with van der Waals surface area (Å²) >= 11 is 14.2. The van der Waals surface area contributed by atoms with Gasteiger partial charge in [-0.15, -0.1) is 36.4 Å². The van der Waals surface area contributed by atoms with Gasteiger partial charge in [0.2, 0.25) is 11.8 Å². The zero-order chi connectivity index (χ0) is 34.3. The van der Waals surface area contributed by atoms with Crippen molar-refractivity contribution in [1.82, 2.24) is 14.7 Å². The molecule has 0 bridgehead atoms. The molecule has 7 rings (SSSR count). The van der Waals surface area contributed by atoms with Crippen LogP contribution in [0.2, 0.25) is 0 Å². The van der Waals surface area contributed by atoms with E-state index in [1.165, 1.54) is 17.5 Å². The summed E-state index contributed by atoms with van der Waals surface area (Å²) in [5.74, 6) is -7.64. The van der Waals surface area contributed by atoms with E-state index in [2.05, 4.69) is 9.64 Å². The number of fused-ring (bicyclic) bond motifs is 4. The molecule has 48 heavy (non-hydrogen) atoms. The number of alkyl halides is 5. The highest BCUT2D eigenvalue weighted by Gasteiger charge is 2.76. The molecular weight excluding hydrogens is 674 g/mol. The van der Waals surface area contributed by atoms with Crippen molar-refractivity contribution in [1.29, 1.82) is 0 Å². The molecule has 0 aromatic heterocycles. The molecule has 2 aliphatic carbocycles. The Morgan fingerprint density at radius 2 is 1.65 bits per heavy atom. The Kier molecular flexibility index (Phi) is 7.88. The van der Waals surface area contributed by atoms with Gasteiger partial charge in [0.05, 0.1) is 11.8 Å². The van der Waals surface area contributed by atoms with Gasteiger partial charge in [-0.05, 0) is 55.4 Å². The molecule has 14 heteroatoms. The van der Waals surface area contributed by atoms with Crippen molar-refractivity contribution in [2.24, 2.45) is 17.8 Å². The van der Waals surface area contributed by atoms with Crippen LogP contribution in [-0.4, -0.2) is 85.7 Å². The zero-order valence-electron chi connectivity index (χ0n) is 25.8. The van der Waals surface area contributed by atoms with Crippen molar-refractivity contribution in [3.8, 4) is 11.5 Å². The summed E-state index contributed by atoms with van der Waals surface area (Å²) in [6.07, 6.45) is -2.40. The molecule has 0 radical (unpaired) electrons. The number of nitrogens with zero attached hydrogens (tertiary/aromatic N) is 3. The second kappa shape index (κ2) is 11.5. The first kappa shape index (κ1) is 32.9. The van der Waals surface area contributed by atoms with Gasteiger partial charge in [0, 0.05) is 44.2 Å². The van der Waals surface area contributed by atoms with Gasteiger partial charge in [-0.1, -0.05) is 42.0 Å². The largest absolute Gasteiger partial charge is 0.573 e. The Balaban J connectivity index is 1.23. The average Bonchev–Trinajstić information content (AvgIpc) is 3.37. The predicted octanol–water partition coefficient (Wildman–Crippen LogP) is 4.94. The minimum absolute atomic E-state index is 0.0979. The molecule has 5 aliphatic rings. The first-order valence-corrected chi connectivity index (χ1v) is 16.5. The highest BCUT2D eigenvalue weighted by atomic mass is 35.5. The second-order valence-electron chi connectivity index (χ2n) is 13.3. The monoisotopic (exact) mass is 705 g/mol. The van der Waals surface area contributed by atoms with E-state index in [0.29, 0.717) is 31.5 Å². The third-order valence-corrected chi connectivity index (χ3v) is 12.2. The zero-order valence-corrected chi connectivity index (χ0v) is 27.3. The minimum Gasteiger partial charge on any atom is -0.508 e. The van der Waals surface area contributed by atoms with Crippen LogP contribution in [0.25, 0.3) is 0 Å². The Hall–Kier alpha value is -3.61. The van der Waals surface area contributed by atoms with Gasteiger partial charge in [0.15, 0.2) is 9.75 Å². The number of hydrogen-bond acceptors (Lipinski definition) is 7. The van der Waals surface area contributed by atoms with Crippen LogP contribution < -0.4 is 4.74 Å². The molecule has 1 N–H and O–H groups in total. The highest BCUT2D eigenvalue weighted by molar-refractivity contribution is 6.53. The number of carbonyl (C=O) groups is 4. The number of hydrogen-bond donors (Lipinski definition) is 1. The molecule has 2 aromatic rings. The van der Waals surface area contributed by atoms with Gasteiger partial charge in [-0.3, -0.25) is 33.9 Å². The number of carbonyl (C=O) groups excluding carboxylic acids is 4. The van der Waals surface area contributed by atoms with Gasteiger partial charge in [0.1, 0.15) is 11.5 Å². The molecule has 254 valence electrons. The van der Waals surface area contributed by atoms with E-state index in [1.54, 1.807) is 6.08 Å². The fourth-order valence-electron chi connectivity index (χ4n) is 8.61. The number of aromatic hydroxyl groups is 1. The standard InChI is InChI=1S/C34H32Cl2F3N3O6/c1-40-30(46)32(35)16-24-21(27(33(32,36)31(40)47)23-15-20(7-10-25(23)43)48-34(37,38)39)8-9-22-26(24)29(45)42(28(22)44)19-11-13-41(14-12-19)17-18-5-3-2-4-6-18/h2-8,10,15,19,22,24,26-27,43H,9,11-14,16-17H2,1H3. The number of phenolic OH excluding ortho intramolecular Hbond substituents is 1.